The van der Waals surface area contributed by atoms with E-state index in [1.54, 1.807) is 18.2 Å². The highest BCUT2D eigenvalue weighted by Gasteiger charge is 2.55. The SMILES string of the molecule is COc1ccc(CNC(=O)NCC(O)(c2ccccc2)C(F)(F)F)cc1OC. The Kier molecular flexibility index (Phi) is 6.74. The maximum Gasteiger partial charge on any atom is 0.423 e. The molecule has 0 aliphatic rings. The maximum absolute atomic E-state index is 13.4. The third kappa shape index (κ3) is 4.86. The third-order valence-electron chi connectivity index (χ3n) is 4.13. The second-order valence-electron chi connectivity index (χ2n) is 5.95. The van der Waals surface area contributed by atoms with Crippen LogP contribution in [-0.2, 0) is 12.1 Å². The number of rotatable bonds is 7. The van der Waals surface area contributed by atoms with Crippen LogP contribution in [-0.4, -0.2) is 38.1 Å². The maximum atomic E-state index is 13.4. The molecule has 3 N–H and O–H groups in total. The molecule has 2 aromatic carbocycles. The summed E-state index contributed by atoms with van der Waals surface area (Å²) in [5.74, 6) is 0.964. The van der Waals surface area contributed by atoms with Crippen molar-refractivity contribution in [1.82, 2.24) is 10.6 Å². The minimum atomic E-state index is -4.97. The van der Waals surface area contributed by atoms with Gasteiger partial charge in [-0.2, -0.15) is 13.2 Å². The first-order valence-electron chi connectivity index (χ1n) is 8.28. The number of aliphatic hydroxyl groups is 1. The minimum Gasteiger partial charge on any atom is -0.493 e. The number of carbonyl (C=O) groups excluding carboxylic acids is 1. The van der Waals surface area contributed by atoms with Crippen molar-refractivity contribution in [3.8, 4) is 11.5 Å². The fourth-order valence-corrected chi connectivity index (χ4v) is 2.52. The van der Waals surface area contributed by atoms with Crippen LogP contribution in [0.25, 0.3) is 0 Å². The normalized spacial score (nSPS) is 13.4. The molecule has 0 aromatic heterocycles. The van der Waals surface area contributed by atoms with Crippen LogP contribution in [0.5, 0.6) is 11.5 Å². The van der Waals surface area contributed by atoms with Crippen LogP contribution in [0.3, 0.4) is 0 Å². The molecule has 1 atom stereocenters. The van der Waals surface area contributed by atoms with Crippen molar-refractivity contribution in [2.45, 2.75) is 18.3 Å². The van der Waals surface area contributed by atoms with Crippen molar-refractivity contribution in [2.75, 3.05) is 20.8 Å². The zero-order valence-electron chi connectivity index (χ0n) is 15.3. The van der Waals surface area contributed by atoms with Gasteiger partial charge >= 0.3 is 12.2 Å². The van der Waals surface area contributed by atoms with Gasteiger partial charge in [0, 0.05) is 6.54 Å². The highest BCUT2D eigenvalue weighted by Crippen LogP contribution is 2.38. The number of benzene rings is 2. The summed E-state index contributed by atoms with van der Waals surface area (Å²) in [4.78, 5) is 11.9. The summed E-state index contributed by atoms with van der Waals surface area (Å²) < 4.78 is 50.5. The largest absolute Gasteiger partial charge is 0.493 e. The van der Waals surface area contributed by atoms with E-state index in [4.69, 9.17) is 9.47 Å². The van der Waals surface area contributed by atoms with Crippen molar-refractivity contribution >= 4 is 6.03 Å². The van der Waals surface area contributed by atoms with Gasteiger partial charge in [0.05, 0.1) is 20.8 Å². The standard InChI is InChI=1S/C19H21F3N2O4/c1-27-15-9-8-13(10-16(15)28-2)11-23-17(25)24-12-18(26,19(20,21)22)14-6-4-3-5-7-14/h3-10,26H,11-12H2,1-2H3,(H2,23,24,25). The van der Waals surface area contributed by atoms with E-state index >= 15 is 0 Å². The van der Waals surface area contributed by atoms with Crippen LogP contribution in [0.4, 0.5) is 18.0 Å². The van der Waals surface area contributed by atoms with Crippen molar-refractivity contribution in [1.29, 1.82) is 0 Å². The zero-order chi connectivity index (χ0) is 20.8. The van der Waals surface area contributed by atoms with Gasteiger partial charge in [0.1, 0.15) is 0 Å². The molecule has 0 spiro atoms. The molecule has 9 heteroatoms. The summed E-state index contributed by atoms with van der Waals surface area (Å²) in [6, 6.07) is 10.7. The second kappa shape index (κ2) is 8.83. The molecule has 28 heavy (non-hydrogen) atoms. The Hall–Kier alpha value is -2.94. The van der Waals surface area contributed by atoms with E-state index in [1.807, 2.05) is 0 Å². The Bertz CT molecular complexity index is 800. The summed E-state index contributed by atoms with van der Waals surface area (Å²) in [5, 5.41) is 14.7. The first kappa shape index (κ1) is 21.4. The Morgan fingerprint density at radius 2 is 1.64 bits per heavy atom. The third-order valence-corrected chi connectivity index (χ3v) is 4.13. The molecule has 1 unspecified atom stereocenters. The average Bonchev–Trinajstić information content (AvgIpc) is 2.69. The Morgan fingerprint density at radius 3 is 2.21 bits per heavy atom. The number of urea groups is 1. The van der Waals surface area contributed by atoms with Gasteiger partial charge in [0.2, 0.25) is 5.60 Å². The van der Waals surface area contributed by atoms with E-state index in [1.165, 1.54) is 32.4 Å². The summed E-state index contributed by atoms with van der Waals surface area (Å²) in [5.41, 5.74) is -2.90. The van der Waals surface area contributed by atoms with E-state index in [9.17, 15) is 23.1 Å². The van der Waals surface area contributed by atoms with Crippen LogP contribution in [0.15, 0.2) is 48.5 Å². The summed E-state index contributed by atoms with van der Waals surface area (Å²) in [7, 11) is 2.95. The van der Waals surface area contributed by atoms with E-state index in [2.05, 4.69) is 10.6 Å². The Labute approximate surface area is 160 Å². The first-order chi connectivity index (χ1) is 13.2. The predicted octanol–water partition coefficient (Wildman–Crippen LogP) is 2.95. The highest BCUT2D eigenvalue weighted by atomic mass is 19.4. The number of hydrogen-bond donors (Lipinski definition) is 3. The molecule has 0 fully saturated rings. The number of nitrogens with one attached hydrogen (secondary N) is 2. The molecule has 6 nitrogen and oxygen atoms in total. The molecule has 0 saturated heterocycles. The van der Waals surface area contributed by atoms with Crippen molar-refractivity contribution in [2.24, 2.45) is 0 Å². The zero-order valence-corrected chi connectivity index (χ0v) is 15.3. The lowest BCUT2D eigenvalue weighted by Gasteiger charge is -2.31. The minimum absolute atomic E-state index is 0.0436. The lowest BCUT2D eigenvalue weighted by molar-refractivity contribution is -0.263. The van der Waals surface area contributed by atoms with Crippen LogP contribution in [0.2, 0.25) is 0 Å². The topological polar surface area (TPSA) is 79.8 Å². The van der Waals surface area contributed by atoms with Crippen LogP contribution >= 0.6 is 0 Å². The fraction of sp³-hybridized carbons (Fsp3) is 0.316. The van der Waals surface area contributed by atoms with Crippen molar-refractivity contribution < 1.29 is 32.5 Å². The highest BCUT2D eigenvalue weighted by molar-refractivity contribution is 5.74. The average molecular weight is 398 g/mol. The molecule has 2 amide bonds. The molecular formula is C19H21F3N2O4. The number of ether oxygens (including phenoxy) is 2. The van der Waals surface area contributed by atoms with Crippen molar-refractivity contribution in [3.05, 3.63) is 59.7 Å². The van der Waals surface area contributed by atoms with E-state index in [-0.39, 0.29) is 12.1 Å². The van der Waals surface area contributed by atoms with Crippen LogP contribution < -0.4 is 20.1 Å². The van der Waals surface area contributed by atoms with Crippen LogP contribution in [0, 0.1) is 0 Å². The smallest absolute Gasteiger partial charge is 0.423 e. The van der Waals surface area contributed by atoms with Crippen molar-refractivity contribution in [3.63, 3.8) is 0 Å². The van der Waals surface area contributed by atoms with Gasteiger partial charge in [-0.1, -0.05) is 36.4 Å². The number of halogens is 3. The molecule has 0 bridgehead atoms. The van der Waals surface area contributed by atoms with E-state index in [0.717, 1.165) is 12.1 Å². The van der Waals surface area contributed by atoms with Gasteiger partial charge in [-0.05, 0) is 23.3 Å². The number of alkyl halides is 3. The van der Waals surface area contributed by atoms with Gasteiger partial charge in [0.25, 0.3) is 0 Å². The van der Waals surface area contributed by atoms with Gasteiger partial charge in [-0.25, -0.2) is 4.79 Å². The van der Waals surface area contributed by atoms with Crippen LogP contribution in [0.1, 0.15) is 11.1 Å². The Balaban J connectivity index is 2.00. The van der Waals surface area contributed by atoms with Gasteiger partial charge < -0.3 is 25.2 Å². The second-order valence-corrected chi connectivity index (χ2v) is 5.95. The summed E-state index contributed by atoms with van der Waals surface area (Å²) in [6.45, 7) is -0.986. The number of hydrogen-bond acceptors (Lipinski definition) is 4. The number of methoxy groups -OCH3 is 2. The van der Waals surface area contributed by atoms with E-state index in [0.29, 0.717) is 17.1 Å². The predicted molar refractivity (Wildman–Crippen MR) is 96.2 cm³/mol. The summed E-state index contributed by atoms with van der Waals surface area (Å²) in [6.07, 6.45) is -4.97. The molecule has 152 valence electrons. The molecule has 0 radical (unpaired) electrons. The molecule has 0 heterocycles. The monoisotopic (exact) mass is 398 g/mol. The molecule has 2 rings (SSSR count). The molecule has 0 aliphatic heterocycles. The molecule has 2 aromatic rings. The molecule has 0 saturated carbocycles. The molecule has 0 aliphatic carbocycles. The lowest BCUT2D eigenvalue weighted by Crippen LogP contribution is -2.52. The quantitative estimate of drug-likeness (QED) is 0.670. The fourth-order valence-electron chi connectivity index (χ4n) is 2.52. The van der Waals surface area contributed by atoms with Gasteiger partial charge in [0.15, 0.2) is 11.5 Å². The van der Waals surface area contributed by atoms with Gasteiger partial charge in [-0.3, -0.25) is 0 Å². The first-order valence-corrected chi connectivity index (χ1v) is 8.28. The van der Waals surface area contributed by atoms with Gasteiger partial charge in [-0.15, -0.1) is 0 Å². The number of carbonyl (C=O) groups is 1. The van der Waals surface area contributed by atoms with E-state index < -0.39 is 24.4 Å². The number of amides is 2. The Morgan fingerprint density at radius 1 is 1.00 bits per heavy atom. The summed E-state index contributed by atoms with van der Waals surface area (Å²) >= 11 is 0. The lowest BCUT2D eigenvalue weighted by atomic mass is 9.93. The molecular weight excluding hydrogens is 377 g/mol.